The van der Waals surface area contributed by atoms with Crippen molar-refractivity contribution in [1.82, 2.24) is 14.7 Å². The average molecular weight is 313 g/mol. The lowest BCUT2D eigenvalue weighted by molar-refractivity contribution is -0.121. The first-order valence-electron chi connectivity index (χ1n) is 8.91. The lowest BCUT2D eigenvalue weighted by Gasteiger charge is -2.20. The van der Waals surface area contributed by atoms with Crippen LogP contribution >= 0.6 is 0 Å². The van der Waals surface area contributed by atoms with Gasteiger partial charge in [0.05, 0.1) is 5.69 Å². The van der Waals surface area contributed by atoms with E-state index in [1.54, 1.807) is 0 Å². The Hall–Kier alpha value is -1.84. The zero-order valence-corrected chi connectivity index (χ0v) is 14.1. The van der Waals surface area contributed by atoms with Crippen LogP contribution in [0.15, 0.2) is 24.5 Å². The van der Waals surface area contributed by atoms with Crippen LogP contribution in [0.2, 0.25) is 0 Å². The highest BCUT2D eigenvalue weighted by atomic mass is 16.1. The second-order valence-electron chi connectivity index (χ2n) is 6.85. The fourth-order valence-corrected chi connectivity index (χ4v) is 3.51. The van der Waals surface area contributed by atoms with Crippen molar-refractivity contribution in [3.05, 3.63) is 35.8 Å². The third-order valence-electron chi connectivity index (χ3n) is 4.86. The van der Waals surface area contributed by atoms with E-state index in [4.69, 9.17) is 0 Å². The van der Waals surface area contributed by atoms with Crippen LogP contribution in [0.4, 0.5) is 0 Å². The Balaban J connectivity index is 1.40. The number of nitrogens with zero attached hydrogens (tertiary/aromatic N) is 2. The topological polar surface area (TPSA) is 46.4 Å². The maximum absolute atomic E-state index is 12.0. The summed E-state index contributed by atoms with van der Waals surface area (Å²) < 4.78 is 2.05. The molecular formula is C19H27N3O. The molecule has 0 unspecified atom stereocenters. The van der Waals surface area contributed by atoms with Crippen molar-refractivity contribution in [2.75, 3.05) is 6.54 Å². The number of amides is 1. The molecule has 2 aromatic rings. The van der Waals surface area contributed by atoms with Gasteiger partial charge in [-0.3, -0.25) is 4.79 Å². The summed E-state index contributed by atoms with van der Waals surface area (Å²) in [7, 11) is 0. The molecule has 1 amide bonds. The Bertz CT molecular complexity index is 656. The van der Waals surface area contributed by atoms with Crippen LogP contribution in [-0.4, -0.2) is 21.8 Å². The van der Waals surface area contributed by atoms with Crippen LogP contribution in [0, 0.1) is 12.8 Å². The van der Waals surface area contributed by atoms with Crippen molar-refractivity contribution in [3.8, 4) is 0 Å². The molecule has 1 saturated carbocycles. The summed E-state index contributed by atoms with van der Waals surface area (Å²) in [5, 5.41) is 3.04. The summed E-state index contributed by atoms with van der Waals surface area (Å²) in [5.74, 6) is 0.964. The van der Waals surface area contributed by atoms with Gasteiger partial charge in [0, 0.05) is 31.8 Å². The molecule has 0 bridgehead atoms. The predicted molar refractivity (Wildman–Crippen MR) is 92.5 cm³/mol. The molecule has 1 N–H and O–H groups in total. The molecule has 0 aliphatic heterocycles. The SMILES string of the molecule is Cc1ccc2nc(CCNC(=O)CCC3CCCCC3)cn2c1. The van der Waals surface area contributed by atoms with Crippen molar-refractivity contribution in [2.24, 2.45) is 5.92 Å². The van der Waals surface area contributed by atoms with Crippen LogP contribution in [-0.2, 0) is 11.2 Å². The highest BCUT2D eigenvalue weighted by Gasteiger charge is 2.14. The summed E-state index contributed by atoms with van der Waals surface area (Å²) >= 11 is 0. The summed E-state index contributed by atoms with van der Waals surface area (Å²) in [6.45, 7) is 2.75. The van der Waals surface area contributed by atoms with Crippen LogP contribution in [0.5, 0.6) is 0 Å². The number of aryl methyl sites for hydroxylation is 1. The Labute approximate surface area is 138 Å². The first-order chi connectivity index (χ1) is 11.2. The summed E-state index contributed by atoms with van der Waals surface area (Å²) in [5.41, 5.74) is 3.22. The van der Waals surface area contributed by atoms with Gasteiger partial charge in [-0.25, -0.2) is 4.98 Å². The standard InChI is InChI=1S/C19H27N3O/c1-15-7-9-18-21-17(14-22(18)13-15)11-12-20-19(23)10-8-16-5-3-2-4-6-16/h7,9,13-14,16H,2-6,8,10-12H2,1H3,(H,20,23). The molecule has 23 heavy (non-hydrogen) atoms. The van der Waals surface area contributed by atoms with E-state index < -0.39 is 0 Å². The number of carbonyl (C=O) groups is 1. The smallest absolute Gasteiger partial charge is 0.220 e. The van der Waals surface area contributed by atoms with E-state index in [0.29, 0.717) is 13.0 Å². The molecule has 1 aliphatic carbocycles. The van der Waals surface area contributed by atoms with Crippen molar-refractivity contribution in [3.63, 3.8) is 0 Å². The third kappa shape index (κ3) is 4.57. The van der Waals surface area contributed by atoms with Gasteiger partial charge in [0.2, 0.25) is 5.91 Å². The lowest BCUT2D eigenvalue weighted by Crippen LogP contribution is -2.26. The first kappa shape index (κ1) is 16.0. The minimum absolute atomic E-state index is 0.190. The molecule has 1 fully saturated rings. The monoisotopic (exact) mass is 313 g/mol. The van der Waals surface area contributed by atoms with Gasteiger partial charge in [0.15, 0.2) is 0 Å². The molecular weight excluding hydrogens is 286 g/mol. The quantitative estimate of drug-likeness (QED) is 0.884. The van der Waals surface area contributed by atoms with Crippen molar-refractivity contribution in [2.45, 2.75) is 58.3 Å². The molecule has 2 aromatic heterocycles. The minimum atomic E-state index is 0.190. The maximum atomic E-state index is 12.0. The largest absolute Gasteiger partial charge is 0.356 e. The third-order valence-corrected chi connectivity index (χ3v) is 4.86. The van der Waals surface area contributed by atoms with Gasteiger partial charge in [0.25, 0.3) is 0 Å². The van der Waals surface area contributed by atoms with Crippen molar-refractivity contribution >= 4 is 11.6 Å². The van der Waals surface area contributed by atoms with Crippen molar-refractivity contribution in [1.29, 1.82) is 0 Å². The van der Waals surface area contributed by atoms with Gasteiger partial charge in [0.1, 0.15) is 5.65 Å². The molecule has 3 rings (SSSR count). The summed E-state index contributed by atoms with van der Waals surface area (Å²) in [4.78, 5) is 16.5. The molecule has 4 nitrogen and oxygen atoms in total. The van der Waals surface area contributed by atoms with E-state index in [1.165, 1.54) is 37.7 Å². The predicted octanol–water partition coefficient (Wildman–Crippen LogP) is 3.66. The van der Waals surface area contributed by atoms with E-state index in [9.17, 15) is 4.79 Å². The molecule has 0 atom stereocenters. The summed E-state index contributed by atoms with van der Waals surface area (Å²) in [6.07, 6.45) is 13.3. The molecule has 2 heterocycles. The van der Waals surface area contributed by atoms with E-state index in [2.05, 4.69) is 40.1 Å². The van der Waals surface area contributed by atoms with Crippen LogP contribution in [0.25, 0.3) is 5.65 Å². The number of fused-ring (bicyclic) bond motifs is 1. The molecule has 124 valence electrons. The fraction of sp³-hybridized carbons (Fsp3) is 0.579. The van der Waals surface area contributed by atoms with E-state index >= 15 is 0 Å². The normalized spacial score (nSPS) is 15.9. The maximum Gasteiger partial charge on any atom is 0.220 e. The van der Waals surface area contributed by atoms with Gasteiger partial charge in [-0.15, -0.1) is 0 Å². The number of aromatic nitrogens is 2. The Morgan fingerprint density at radius 3 is 2.91 bits per heavy atom. The number of pyridine rings is 1. The Kier molecular flexibility index (Phi) is 5.31. The lowest BCUT2D eigenvalue weighted by atomic mass is 9.86. The zero-order chi connectivity index (χ0) is 16.1. The second-order valence-corrected chi connectivity index (χ2v) is 6.85. The molecule has 0 aromatic carbocycles. The number of imidazole rings is 1. The number of hydrogen-bond donors (Lipinski definition) is 1. The van der Waals surface area contributed by atoms with E-state index in [0.717, 1.165) is 30.1 Å². The van der Waals surface area contributed by atoms with Gasteiger partial charge in [-0.2, -0.15) is 0 Å². The van der Waals surface area contributed by atoms with Gasteiger partial charge < -0.3 is 9.72 Å². The molecule has 1 aliphatic rings. The molecule has 0 radical (unpaired) electrons. The molecule has 0 saturated heterocycles. The second kappa shape index (κ2) is 7.62. The van der Waals surface area contributed by atoms with Gasteiger partial charge >= 0.3 is 0 Å². The van der Waals surface area contributed by atoms with Crippen LogP contribution in [0.3, 0.4) is 0 Å². The highest BCUT2D eigenvalue weighted by molar-refractivity contribution is 5.75. The molecule has 4 heteroatoms. The van der Waals surface area contributed by atoms with Crippen molar-refractivity contribution < 1.29 is 4.79 Å². The zero-order valence-electron chi connectivity index (χ0n) is 14.1. The summed E-state index contributed by atoms with van der Waals surface area (Å²) in [6, 6.07) is 4.10. The molecule has 0 spiro atoms. The fourth-order valence-electron chi connectivity index (χ4n) is 3.51. The van der Waals surface area contributed by atoms with Crippen LogP contribution < -0.4 is 5.32 Å². The number of nitrogens with one attached hydrogen (secondary N) is 1. The Morgan fingerprint density at radius 1 is 1.26 bits per heavy atom. The number of hydrogen-bond acceptors (Lipinski definition) is 2. The Morgan fingerprint density at radius 2 is 2.09 bits per heavy atom. The van der Waals surface area contributed by atoms with E-state index in [-0.39, 0.29) is 5.91 Å². The van der Waals surface area contributed by atoms with Gasteiger partial charge in [-0.05, 0) is 30.9 Å². The number of carbonyl (C=O) groups excluding carboxylic acids is 1. The average Bonchev–Trinajstić information content (AvgIpc) is 2.95. The number of rotatable bonds is 6. The van der Waals surface area contributed by atoms with Crippen LogP contribution in [0.1, 0.15) is 56.2 Å². The minimum Gasteiger partial charge on any atom is -0.356 e. The van der Waals surface area contributed by atoms with Gasteiger partial charge in [-0.1, -0.05) is 38.2 Å². The first-order valence-corrected chi connectivity index (χ1v) is 8.91. The van der Waals surface area contributed by atoms with E-state index in [1.807, 2.05) is 6.07 Å². The highest BCUT2D eigenvalue weighted by Crippen LogP contribution is 2.27.